The molecule has 0 unspecified atom stereocenters. The molecule has 1 rings (SSSR count). The van der Waals surface area contributed by atoms with E-state index in [0.29, 0.717) is 52.4 Å². The van der Waals surface area contributed by atoms with E-state index < -0.39 is 6.09 Å². The quantitative estimate of drug-likeness (QED) is 0.110. The molecular formula is C28H47N5O9. The molecule has 0 aliphatic rings. The summed E-state index contributed by atoms with van der Waals surface area (Å²) in [7, 11) is 3.86. The van der Waals surface area contributed by atoms with Gasteiger partial charge in [0.15, 0.2) is 0 Å². The zero-order valence-electron chi connectivity index (χ0n) is 24.8. The van der Waals surface area contributed by atoms with Crippen LogP contribution in [0.15, 0.2) is 30.3 Å². The first-order valence-electron chi connectivity index (χ1n) is 14.1. The standard InChI is InChI=1S/C28H47N5O9/c1-33(2)14-11-29-26(35)22-40-19-18-39-16-13-31-27(36)23-41-20-17-38-15-12-30-25(34)9-6-10-32-28(37)42-21-24-7-4-3-5-8-24/h3-5,7-8H,6,9-23H2,1-2H3,(H,29,35)(H,30,34)(H,31,36)(H,32,37). The first-order valence-corrected chi connectivity index (χ1v) is 14.1. The average molecular weight is 598 g/mol. The summed E-state index contributed by atoms with van der Waals surface area (Å²) in [4.78, 5) is 48.8. The number of hydrogen-bond donors (Lipinski definition) is 4. The highest BCUT2D eigenvalue weighted by molar-refractivity contribution is 5.77. The molecule has 1 aromatic carbocycles. The van der Waals surface area contributed by atoms with Gasteiger partial charge in [0.2, 0.25) is 17.7 Å². The minimum Gasteiger partial charge on any atom is -0.445 e. The smallest absolute Gasteiger partial charge is 0.407 e. The molecule has 0 spiro atoms. The van der Waals surface area contributed by atoms with Crippen LogP contribution in [0.3, 0.4) is 0 Å². The van der Waals surface area contributed by atoms with Gasteiger partial charge in [0.25, 0.3) is 0 Å². The summed E-state index contributed by atoms with van der Waals surface area (Å²) in [6.45, 7) is 4.19. The molecule has 0 aliphatic carbocycles. The Hall–Kier alpha value is -3.30. The number of ether oxygens (including phenoxy) is 5. The van der Waals surface area contributed by atoms with Crippen LogP contribution in [-0.4, -0.2) is 128 Å². The van der Waals surface area contributed by atoms with Crippen molar-refractivity contribution in [2.45, 2.75) is 19.4 Å². The van der Waals surface area contributed by atoms with Gasteiger partial charge in [-0.05, 0) is 26.1 Å². The van der Waals surface area contributed by atoms with E-state index >= 15 is 0 Å². The SMILES string of the molecule is CN(C)CCNC(=O)COCCOCCNC(=O)COCCOCCNC(=O)CCCNC(=O)OCc1ccccc1. The Morgan fingerprint density at radius 1 is 0.643 bits per heavy atom. The summed E-state index contributed by atoms with van der Waals surface area (Å²) in [6, 6.07) is 9.37. The van der Waals surface area contributed by atoms with Crippen molar-refractivity contribution in [3.63, 3.8) is 0 Å². The van der Waals surface area contributed by atoms with Crippen LogP contribution in [0.5, 0.6) is 0 Å². The van der Waals surface area contributed by atoms with Crippen molar-refractivity contribution < 1.29 is 42.9 Å². The Morgan fingerprint density at radius 2 is 1.19 bits per heavy atom. The lowest BCUT2D eigenvalue weighted by atomic mass is 10.2. The van der Waals surface area contributed by atoms with Crippen LogP contribution in [0.25, 0.3) is 0 Å². The van der Waals surface area contributed by atoms with Crippen molar-refractivity contribution in [3.8, 4) is 0 Å². The van der Waals surface area contributed by atoms with Crippen molar-refractivity contribution in [2.75, 3.05) is 99.7 Å². The van der Waals surface area contributed by atoms with Crippen LogP contribution in [0, 0.1) is 0 Å². The average Bonchev–Trinajstić information content (AvgIpc) is 2.97. The predicted octanol–water partition coefficient (Wildman–Crippen LogP) is -0.330. The fraction of sp³-hybridized carbons (Fsp3) is 0.643. The molecule has 4 N–H and O–H groups in total. The van der Waals surface area contributed by atoms with E-state index in [0.717, 1.165) is 12.1 Å². The molecule has 0 fully saturated rings. The normalized spacial score (nSPS) is 10.7. The van der Waals surface area contributed by atoms with Crippen molar-refractivity contribution in [3.05, 3.63) is 35.9 Å². The highest BCUT2D eigenvalue weighted by Gasteiger charge is 2.05. The second kappa shape index (κ2) is 25.4. The van der Waals surface area contributed by atoms with Crippen molar-refractivity contribution in [1.29, 1.82) is 0 Å². The molecule has 0 heterocycles. The summed E-state index contributed by atoms with van der Waals surface area (Å²) in [5, 5.41) is 10.8. The summed E-state index contributed by atoms with van der Waals surface area (Å²) in [5.74, 6) is -0.574. The maximum atomic E-state index is 11.8. The van der Waals surface area contributed by atoms with Crippen LogP contribution in [0.1, 0.15) is 18.4 Å². The number of rotatable bonds is 25. The maximum Gasteiger partial charge on any atom is 0.407 e. The van der Waals surface area contributed by atoms with Gasteiger partial charge in [-0.1, -0.05) is 30.3 Å². The van der Waals surface area contributed by atoms with E-state index in [2.05, 4.69) is 21.3 Å². The third kappa shape index (κ3) is 23.4. The lowest BCUT2D eigenvalue weighted by Gasteiger charge is -2.10. The topological polar surface area (TPSA) is 166 Å². The molecule has 0 atom stereocenters. The fourth-order valence-electron chi connectivity index (χ4n) is 3.12. The molecule has 1 aromatic rings. The molecule has 0 bridgehead atoms. The molecule has 238 valence electrons. The zero-order valence-corrected chi connectivity index (χ0v) is 24.8. The summed E-state index contributed by atoms with van der Waals surface area (Å²) in [6.07, 6.45) is 0.238. The lowest BCUT2D eigenvalue weighted by molar-refractivity contribution is -0.127. The number of likely N-dealkylation sites (N-methyl/N-ethyl adjacent to an activating group) is 1. The number of carbonyl (C=O) groups is 4. The molecule has 0 saturated heterocycles. The molecule has 0 saturated carbocycles. The van der Waals surface area contributed by atoms with Crippen LogP contribution < -0.4 is 21.3 Å². The molecular weight excluding hydrogens is 550 g/mol. The molecule has 4 amide bonds. The fourth-order valence-corrected chi connectivity index (χ4v) is 3.12. The number of benzene rings is 1. The van der Waals surface area contributed by atoms with Crippen LogP contribution >= 0.6 is 0 Å². The second-order valence-electron chi connectivity index (χ2n) is 9.28. The first kappa shape index (κ1) is 36.7. The van der Waals surface area contributed by atoms with Gasteiger partial charge in [0, 0.05) is 39.1 Å². The summed E-state index contributed by atoms with van der Waals surface area (Å²) in [5.41, 5.74) is 0.901. The Bertz CT molecular complexity index is 875. The van der Waals surface area contributed by atoms with E-state index in [9.17, 15) is 19.2 Å². The maximum absolute atomic E-state index is 11.8. The van der Waals surface area contributed by atoms with Crippen molar-refractivity contribution in [1.82, 2.24) is 26.2 Å². The molecule has 14 heteroatoms. The van der Waals surface area contributed by atoms with E-state index in [4.69, 9.17) is 23.7 Å². The van der Waals surface area contributed by atoms with E-state index in [1.807, 2.05) is 49.3 Å². The van der Waals surface area contributed by atoms with Gasteiger partial charge in [-0.3, -0.25) is 14.4 Å². The van der Waals surface area contributed by atoms with Gasteiger partial charge in [0.05, 0.1) is 39.6 Å². The van der Waals surface area contributed by atoms with Crippen molar-refractivity contribution >= 4 is 23.8 Å². The molecule has 0 radical (unpaired) electrons. The van der Waals surface area contributed by atoms with Crippen molar-refractivity contribution in [2.24, 2.45) is 0 Å². The number of carbonyl (C=O) groups excluding carboxylic acids is 4. The van der Waals surface area contributed by atoms with Gasteiger partial charge in [-0.25, -0.2) is 4.79 Å². The summed E-state index contributed by atoms with van der Waals surface area (Å²) < 4.78 is 26.3. The first-order chi connectivity index (χ1) is 20.4. The van der Waals surface area contributed by atoms with Gasteiger partial charge >= 0.3 is 6.09 Å². The molecule has 42 heavy (non-hydrogen) atoms. The predicted molar refractivity (Wildman–Crippen MR) is 155 cm³/mol. The largest absolute Gasteiger partial charge is 0.445 e. The number of nitrogens with zero attached hydrogens (tertiary/aromatic N) is 1. The van der Waals surface area contributed by atoms with Gasteiger partial charge in [-0.15, -0.1) is 0 Å². The Balaban J connectivity index is 1.81. The van der Waals surface area contributed by atoms with Gasteiger partial charge in [0.1, 0.15) is 19.8 Å². The Kier molecular flexibility index (Phi) is 22.2. The number of alkyl carbamates (subject to hydrolysis) is 1. The van der Waals surface area contributed by atoms with Crippen LogP contribution in [0.2, 0.25) is 0 Å². The second-order valence-corrected chi connectivity index (χ2v) is 9.28. The minimum absolute atomic E-state index is 0.0157. The highest BCUT2D eigenvalue weighted by atomic mass is 16.5. The number of amides is 4. The van der Waals surface area contributed by atoms with Gasteiger partial charge < -0.3 is 49.9 Å². The van der Waals surface area contributed by atoms with Crippen LogP contribution in [0.4, 0.5) is 4.79 Å². The summed E-state index contributed by atoms with van der Waals surface area (Å²) >= 11 is 0. The third-order valence-electron chi connectivity index (χ3n) is 5.29. The van der Waals surface area contributed by atoms with Crippen LogP contribution in [-0.2, 0) is 44.7 Å². The molecule has 0 aliphatic heterocycles. The van der Waals surface area contributed by atoms with E-state index in [1.54, 1.807) is 0 Å². The monoisotopic (exact) mass is 597 g/mol. The highest BCUT2D eigenvalue weighted by Crippen LogP contribution is 2.00. The van der Waals surface area contributed by atoms with E-state index in [-0.39, 0.29) is 63.8 Å². The third-order valence-corrected chi connectivity index (χ3v) is 5.29. The lowest BCUT2D eigenvalue weighted by Crippen LogP contribution is -2.34. The zero-order chi connectivity index (χ0) is 30.7. The molecule has 0 aromatic heterocycles. The Labute approximate surface area is 248 Å². The van der Waals surface area contributed by atoms with E-state index in [1.165, 1.54) is 0 Å². The Morgan fingerprint density at radius 3 is 1.79 bits per heavy atom. The number of hydrogen-bond acceptors (Lipinski definition) is 10. The minimum atomic E-state index is -0.520. The molecule has 14 nitrogen and oxygen atoms in total. The number of nitrogens with one attached hydrogen (secondary N) is 4. The van der Waals surface area contributed by atoms with Gasteiger partial charge in [-0.2, -0.15) is 0 Å².